The highest BCUT2D eigenvalue weighted by atomic mass is 32.2. The van der Waals surface area contributed by atoms with Crippen LogP contribution < -0.4 is 15.7 Å². The smallest absolute Gasteiger partial charge is 0.225 e. The number of benzene rings is 1. The molecule has 13 heavy (non-hydrogen) atoms. The number of hydrogen-bond donors (Lipinski definition) is 1. The summed E-state index contributed by atoms with van der Waals surface area (Å²) in [5.74, 6) is 0. The van der Waals surface area contributed by atoms with E-state index in [2.05, 4.69) is 18.5 Å². The van der Waals surface area contributed by atoms with Crippen LogP contribution in [0.4, 0.5) is 0 Å². The van der Waals surface area contributed by atoms with Crippen LogP contribution in [0.1, 0.15) is 5.56 Å². The molecule has 1 rings (SSSR count). The Kier molecular flexibility index (Phi) is 3.09. The topological polar surface area (TPSA) is 60.2 Å². The van der Waals surface area contributed by atoms with Gasteiger partial charge in [0.25, 0.3) is 0 Å². The Balaban J connectivity index is 3.57. The lowest BCUT2D eigenvalue weighted by Gasteiger charge is -2.07. The Morgan fingerprint density at radius 1 is 1.23 bits per heavy atom. The van der Waals surface area contributed by atoms with Crippen molar-refractivity contribution >= 4 is 39.1 Å². The normalized spacial score (nSPS) is 11.7. The van der Waals surface area contributed by atoms with E-state index in [1.54, 1.807) is 12.1 Å². The van der Waals surface area contributed by atoms with Gasteiger partial charge in [0.05, 0.1) is 4.90 Å². The van der Waals surface area contributed by atoms with Crippen LogP contribution in [-0.2, 0) is 10.0 Å². The molecule has 1 aromatic rings. The van der Waals surface area contributed by atoms with Crippen molar-refractivity contribution in [2.75, 3.05) is 0 Å². The SMILES string of the molecule is Cc1cc(P)c(S(N)(=O)=O)c(P)c1. The van der Waals surface area contributed by atoms with Gasteiger partial charge in [0.15, 0.2) is 0 Å². The summed E-state index contributed by atoms with van der Waals surface area (Å²) in [4.78, 5) is 0.174. The highest BCUT2D eigenvalue weighted by molar-refractivity contribution is 7.90. The van der Waals surface area contributed by atoms with E-state index in [-0.39, 0.29) is 4.90 Å². The second-order valence-electron chi connectivity index (χ2n) is 2.82. The van der Waals surface area contributed by atoms with E-state index in [4.69, 9.17) is 5.14 Å². The molecule has 2 unspecified atom stereocenters. The molecule has 0 fully saturated rings. The number of hydrogen-bond acceptors (Lipinski definition) is 2. The molecule has 0 saturated heterocycles. The van der Waals surface area contributed by atoms with Gasteiger partial charge in [-0.2, -0.15) is 0 Å². The minimum Gasteiger partial charge on any atom is -0.225 e. The highest BCUT2D eigenvalue weighted by Crippen LogP contribution is 2.09. The molecule has 0 amide bonds. The first-order valence-corrected chi connectivity index (χ1v) is 6.21. The highest BCUT2D eigenvalue weighted by Gasteiger charge is 2.14. The number of rotatable bonds is 1. The van der Waals surface area contributed by atoms with E-state index in [9.17, 15) is 8.42 Å². The molecule has 0 aliphatic heterocycles. The van der Waals surface area contributed by atoms with Crippen LogP contribution in [0.5, 0.6) is 0 Å². The molecular formula is C7H11NO2P2S. The summed E-state index contributed by atoms with van der Waals surface area (Å²) in [6.07, 6.45) is 0. The van der Waals surface area contributed by atoms with Gasteiger partial charge in [0, 0.05) is 0 Å². The maximum atomic E-state index is 11.1. The van der Waals surface area contributed by atoms with Gasteiger partial charge in [-0.15, -0.1) is 18.5 Å². The van der Waals surface area contributed by atoms with Crippen molar-refractivity contribution in [2.24, 2.45) is 5.14 Å². The molecule has 1 aromatic carbocycles. The molecule has 72 valence electrons. The fraction of sp³-hybridized carbons (Fsp3) is 0.143. The van der Waals surface area contributed by atoms with Crippen molar-refractivity contribution in [1.29, 1.82) is 0 Å². The number of sulfonamides is 1. The average Bonchev–Trinajstić information content (AvgIpc) is 1.78. The van der Waals surface area contributed by atoms with E-state index in [0.29, 0.717) is 10.6 Å². The van der Waals surface area contributed by atoms with Gasteiger partial charge in [0.1, 0.15) is 0 Å². The third-order valence-corrected chi connectivity index (χ3v) is 3.94. The molecule has 3 nitrogen and oxygen atoms in total. The summed E-state index contributed by atoms with van der Waals surface area (Å²) >= 11 is 0. The first-order chi connectivity index (χ1) is 5.82. The summed E-state index contributed by atoms with van der Waals surface area (Å²) in [6.45, 7) is 1.90. The van der Waals surface area contributed by atoms with E-state index in [0.717, 1.165) is 5.56 Å². The Hall–Kier alpha value is -0.0100. The van der Waals surface area contributed by atoms with Gasteiger partial charge >= 0.3 is 0 Å². The van der Waals surface area contributed by atoms with Gasteiger partial charge < -0.3 is 0 Å². The zero-order valence-corrected chi connectivity index (χ0v) is 10.2. The molecule has 6 heteroatoms. The van der Waals surface area contributed by atoms with Gasteiger partial charge in [-0.25, -0.2) is 13.6 Å². The predicted octanol–water partition coefficient (Wildman–Crippen LogP) is -0.357. The predicted molar refractivity (Wildman–Crippen MR) is 61.2 cm³/mol. The van der Waals surface area contributed by atoms with E-state index >= 15 is 0 Å². The largest absolute Gasteiger partial charge is 0.239 e. The molecule has 2 atom stereocenters. The fourth-order valence-corrected chi connectivity index (χ4v) is 3.94. The Morgan fingerprint density at radius 2 is 1.62 bits per heavy atom. The minimum atomic E-state index is -3.62. The van der Waals surface area contributed by atoms with Crippen molar-refractivity contribution in [1.82, 2.24) is 0 Å². The molecule has 0 aliphatic rings. The molecule has 0 spiro atoms. The number of nitrogens with two attached hydrogens (primary N) is 1. The zero-order chi connectivity index (χ0) is 10.2. The molecular weight excluding hydrogens is 224 g/mol. The Morgan fingerprint density at radius 3 is 1.92 bits per heavy atom. The third-order valence-electron chi connectivity index (χ3n) is 1.58. The quantitative estimate of drug-likeness (QED) is 0.676. The fourth-order valence-electron chi connectivity index (χ4n) is 1.16. The molecule has 0 aliphatic carbocycles. The maximum absolute atomic E-state index is 11.1. The van der Waals surface area contributed by atoms with E-state index in [1.165, 1.54) is 0 Å². The van der Waals surface area contributed by atoms with Crippen molar-refractivity contribution in [3.63, 3.8) is 0 Å². The third kappa shape index (κ3) is 2.47. The summed E-state index contributed by atoms with van der Waals surface area (Å²) in [5, 5.41) is 6.26. The number of primary sulfonamides is 1. The summed E-state index contributed by atoms with van der Waals surface area (Å²) < 4.78 is 22.3. The monoisotopic (exact) mass is 235 g/mol. The van der Waals surface area contributed by atoms with Crippen molar-refractivity contribution in [3.8, 4) is 0 Å². The minimum absolute atomic E-state index is 0.174. The number of aryl methyl sites for hydroxylation is 1. The standard InChI is InChI=1S/C7H11NO2P2S/c1-4-2-5(11)7(6(12)3-4)13(8,9)10/h2-3H,11-12H2,1H3,(H2,8,9,10). The Bertz CT molecular complexity index is 419. The van der Waals surface area contributed by atoms with Crippen molar-refractivity contribution in [3.05, 3.63) is 17.7 Å². The van der Waals surface area contributed by atoms with Gasteiger partial charge in [-0.1, -0.05) is 12.1 Å². The van der Waals surface area contributed by atoms with Gasteiger partial charge in [-0.3, -0.25) is 0 Å². The second-order valence-corrected chi connectivity index (χ2v) is 5.56. The second kappa shape index (κ2) is 3.62. The van der Waals surface area contributed by atoms with E-state index < -0.39 is 10.0 Å². The van der Waals surface area contributed by atoms with Gasteiger partial charge in [-0.05, 0) is 23.1 Å². The van der Waals surface area contributed by atoms with Crippen LogP contribution in [-0.4, -0.2) is 8.42 Å². The lowest BCUT2D eigenvalue weighted by molar-refractivity contribution is 0.599. The van der Waals surface area contributed by atoms with Crippen LogP contribution in [0.15, 0.2) is 17.0 Å². The van der Waals surface area contributed by atoms with E-state index in [1.807, 2.05) is 6.92 Å². The average molecular weight is 235 g/mol. The summed E-state index contributed by atoms with van der Waals surface area (Å²) in [5.41, 5.74) is 1.00. The van der Waals surface area contributed by atoms with Crippen LogP contribution in [0.2, 0.25) is 0 Å². The van der Waals surface area contributed by atoms with Crippen LogP contribution in [0.3, 0.4) is 0 Å². The first-order valence-electron chi connectivity index (χ1n) is 3.51. The molecule has 0 saturated carbocycles. The summed E-state index contributed by atoms with van der Waals surface area (Å²) in [6, 6.07) is 3.52. The zero-order valence-electron chi connectivity index (χ0n) is 7.11. The molecule has 0 radical (unpaired) electrons. The molecule has 0 bridgehead atoms. The lowest BCUT2D eigenvalue weighted by Crippen LogP contribution is -2.25. The Labute approximate surface area is 82.6 Å². The van der Waals surface area contributed by atoms with Gasteiger partial charge in [0.2, 0.25) is 10.0 Å². The van der Waals surface area contributed by atoms with Crippen molar-refractivity contribution < 1.29 is 8.42 Å². The van der Waals surface area contributed by atoms with Crippen LogP contribution in [0, 0.1) is 6.92 Å². The lowest BCUT2D eigenvalue weighted by atomic mass is 10.2. The first kappa shape index (κ1) is 11.1. The molecule has 0 heterocycles. The molecule has 0 aromatic heterocycles. The van der Waals surface area contributed by atoms with Crippen LogP contribution in [0.25, 0.3) is 0 Å². The van der Waals surface area contributed by atoms with Crippen LogP contribution >= 0.6 is 18.5 Å². The maximum Gasteiger partial charge on any atom is 0.239 e. The molecule has 2 N–H and O–H groups in total. The van der Waals surface area contributed by atoms with Crippen molar-refractivity contribution in [2.45, 2.75) is 11.8 Å². The summed E-state index contributed by atoms with van der Waals surface area (Å²) in [7, 11) is 1.12.